The first-order chi connectivity index (χ1) is 10.2. The molecule has 2 heterocycles. The van der Waals surface area contributed by atoms with Crippen LogP contribution in [0.4, 0.5) is 0 Å². The van der Waals surface area contributed by atoms with E-state index in [0.717, 1.165) is 31.3 Å². The molecule has 1 aliphatic carbocycles. The molecule has 4 unspecified atom stereocenters. The molecule has 0 aromatic carbocycles. The van der Waals surface area contributed by atoms with Crippen LogP contribution in [0.2, 0.25) is 0 Å². The van der Waals surface area contributed by atoms with E-state index in [2.05, 4.69) is 24.1 Å². The summed E-state index contributed by atoms with van der Waals surface area (Å²) in [6, 6.07) is 1.05. The molecule has 1 amide bonds. The predicted octanol–water partition coefficient (Wildman–Crippen LogP) is 3.19. The van der Waals surface area contributed by atoms with Gasteiger partial charge in [-0.25, -0.2) is 0 Å². The number of nitrogens with zero attached hydrogens (tertiary/aromatic N) is 1. The Bertz CT molecular complexity index is 364. The van der Waals surface area contributed by atoms with Gasteiger partial charge in [-0.3, -0.25) is 4.79 Å². The summed E-state index contributed by atoms with van der Waals surface area (Å²) in [6.07, 6.45) is 9.82. The Balaban J connectivity index is 1.58. The number of likely N-dealkylation sites (tertiary alicyclic amines) is 1. The molecule has 3 nitrogen and oxygen atoms in total. The van der Waals surface area contributed by atoms with Gasteiger partial charge in [0.2, 0.25) is 5.91 Å². The molecule has 3 rings (SSSR count). The van der Waals surface area contributed by atoms with Gasteiger partial charge in [-0.1, -0.05) is 19.8 Å². The van der Waals surface area contributed by atoms with E-state index in [1.54, 1.807) is 0 Å². The van der Waals surface area contributed by atoms with Gasteiger partial charge >= 0.3 is 0 Å². The van der Waals surface area contributed by atoms with E-state index in [-0.39, 0.29) is 0 Å². The third-order valence-electron chi connectivity index (χ3n) is 6.32. The number of carbonyl (C=O) groups is 1. The molecule has 0 aromatic rings. The Morgan fingerprint density at radius 2 is 1.90 bits per heavy atom. The van der Waals surface area contributed by atoms with Crippen LogP contribution in [0.15, 0.2) is 0 Å². The van der Waals surface area contributed by atoms with E-state index in [1.807, 2.05) is 0 Å². The first-order valence-corrected chi connectivity index (χ1v) is 9.18. The van der Waals surface area contributed by atoms with Gasteiger partial charge in [0.25, 0.3) is 0 Å². The van der Waals surface area contributed by atoms with E-state index < -0.39 is 0 Å². The summed E-state index contributed by atoms with van der Waals surface area (Å²) in [5.74, 6) is 2.54. The molecule has 3 heteroatoms. The largest absolute Gasteiger partial charge is 0.337 e. The summed E-state index contributed by atoms with van der Waals surface area (Å²) in [4.78, 5) is 15.2. The highest BCUT2D eigenvalue weighted by molar-refractivity contribution is 5.77. The van der Waals surface area contributed by atoms with Crippen LogP contribution in [0, 0.1) is 17.8 Å². The fraction of sp³-hybridized carbons (Fsp3) is 0.944. The minimum absolute atomic E-state index is 0.447. The van der Waals surface area contributed by atoms with Crippen LogP contribution in [0.5, 0.6) is 0 Å². The molecule has 0 bridgehead atoms. The lowest BCUT2D eigenvalue weighted by Gasteiger charge is -2.35. The van der Waals surface area contributed by atoms with Crippen molar-refractivity contribution < 1.29 is 4.79 Å². The second kappa shape index (κ2) is 6.68. The molecule has 0 aromatic heterocycles. The van der Waals surface area contributed by atoms with Gasteiger partial charge in [0, 0.05) is 18.5 Å². The van der Waals surface area contributed by atoms with Crippen molar-refractivity contribution in [3.8, 4) is 0 Å². The Morgan fingerprint density at radius 3 is 2.67 bits per heavy atom. The van der Waals surface area contributed by atoms with Gasteiger partial charge in [0.05, 0.1) is 0 Å². The fourth-order valence-corrected chi connectivity index (χ4v) is 5.10. The molecule has 2 aliphatic heterocycles. The van der Waals surface area contributed by atoms with Gasteiger partial charge in [-0.2, -0.15) is 0 Å². The van der Waals surface area contributed by atoms with Gasteiger partial charge in [0.1, 0.15) is 0 Å². The zero-order valence-corrected chi connectivity index (χ0v) is 13.8. The van der Waals surface area contributed by atoms with Crippen LogP contribution < -0.4 is 5.32 Å². The second-order valence-electron chi connectivity index (χ2n) is 7.77. The first-order valence-electron chi connectivity index (χ1n) is 9.18. The van der Waals surface area contributed by atoms with Crippen LogP contribution in [0.3, 0.4) is 0 Å². The fourth-order valence-electron chi connectivity index (χ4n) is 5.10. The zero-order chi connectivity index (χ0) is 14.8. The van der Waals surface area contributed by atoms with Gasteiger partial charge in [0.15, 0.2) is 0 Å². The molecule has 1 saturated carbocycles. The van der Waals surface area contributed by atoms with Crippen molar-refractivity contribution in [3.63, 3.8) is 0 Å². The van der Waals surface area contributed by atoms with Crippen LogP contribution >= 0.6 is 0 Å². The summed E-state index contributed by atoms with van der Waals surface area (Å²) in [7, 11) is 0. The smallest absolute Gasteiger partial charge is 0.223 e. The maximum Gasteiger partial charge on any atom is 0.223 e. The molecular weight excluding hydrogens is 260 g/mol. The molecule has 0 radical (unpaired) electrons. The summed E-state index contributed by atoms with van der Waals surface area (Å²) in [5.41, 5.74) is 0. The molecule has 1 N–H and O–H groups in total. The zero-order valence-electron chi connectivity index (χ0n) is 13.8. The van der Waals surface area contributed by atoms with Crippen LogP contribution in [0.1, 0.15) is 65.2 Å². The van der Waals surface area contributed by atoms with Gasteiger partial charge in [-0.15, -0.1) is 0 Å². The van der Waals surface area contributed by atoms with E-state index in [0.29, 0.717) is 23.9 Å². The number of hydrogen-bond acceptors (Lipinski definition) is 2. The van der Waals surface area contributed by atoms with Crippen molar-refractivity contribution in [2.45, 2.75) is 77.3 Å². The maximum atomic E-state index is 12.9. The van der Waals surface area contributed by atoms with Crippen molar-refractivity contribution in [3.05, 3.63) is 0 Å². The monoisotopic (exact) mass is 292 g/mol. The van der Waals surface area contributed by atoms with Crippen molar-refractivity contribution >= 4 is 5.91 Å². The lowest BCUT2D eigenvalue weighted by molar-refractivity contribution is -0.136. The summed E-state index contributed by atoms with van der Waals surface area (Å²) in [5, 5.41) is 3.43. The average Bonchev–Trinajstić information content (AvgIpc) is 2.83. The van der Waals surface area contributed by atoms with E-state index >= 15 is 0 Å². The topological polar surface area (TPSA) is 32.3 Å². The Labute approximate surface area is 129 Å². The van der Waals surface area contributed by atoms with Gasteiger partial charge < -0.3 is 10.2 Å². The number of carbonyl (C=O) groups excluding carboxylic acids is 1. The summed E-state index contributed by atoms with van der Waals surface area (Å²) < 4.78 is 0. The molecule has 120 valence electrons. The van der Waals surface area contributed by atoms with Crippen LogP contribution in [-0.4, -0.2) is 36.0 Å². The average molecular weight is 292 g/mol. The normalized spacial score (nSPS) is 35.5. The molecule has 3 fully saturated rings. The van der Waals surface area contributed by atoms with Crippen LogP contribution in [0.25, 0.3) is 0 Å². The molecule has 21 heavy (non-hydrogen) atoms. The lowest BCUT2D eigenvalue weighted by atomic mass is 9.83. The van der Waals surface area contributed by atoms with Gasteiger partial charge in [-0.05, 0) is 69.9 Å². The minimum Gasteiger partial charge on any atom is -0.337 e. The summed E-state index contributed by atoms with van der Waals surface area (Å²) >= 11 is 0. The minimum atomic E-state index is 0.447. The number of rotatable bonds is 3. The predicted molar refractivity (Wildman–Crippen MR) is 86.0 cm³/mol. The number of amides is 1. The third kappa shape index (κ3) is 3.28. The quantitative estimate of drug-likeness (QED) is 0.866. The van der Waals surface area contributed by atoms with E-state index in [9.17, 15) is 4.79 Å². The van der Waals surface area contributed by atoms with Crippen LogP contribution in [-0.2, 0) is 4.79 Å². The van der Waals surface area contributed by atoms with Crippen molar-refractivity contribution in [2.24, 2.45) is 17.8 Å². The molecule has 0 spiro atoms. The van der Waals surface area contributed by atoms with E-state index in [1.165, 1.54) is 44.9 Å². The summed E-state index contributed by atoms with van der Waals surface area (Å²) in [6.45, 7) is 6.83. The first kappa shape index (κ1) is 15.3. The number of fused-ring (bicyclic) bond motifs is 1. The standard InChI is InChI=1S/C18H32N2O/c1-13(15-7-9-19-10-8-15)11-18(21)20-14(2)12-16-5-3-4-6-17(16)20/h13-17,19H,3-12H2,1-2H3. The highest BCUT2D eigenvalue weighted by Crippen LogP contribution is 2.40. The Hall–Kier alpha value is -0.570. The highest BCUT2D eigenvalue weighted by atomic mass is 16.2. The van der Waals surface area contributed by atoms with E-state index in [4.69, 9.17) is 0 Å². The van der Waals surface area contributed by atoms with Crippen molar-refractivity contribution in [1.82, 2.24) is 10.2 Å². The molecule has 4 atom stereocenters. The van der Waals surface area contributed by atoms with Crippen molar-refractivity contribution in [1.29, 1.82) is 0 Å². The molecular formula is C18H32N2O. The molecule has 2 saturated heterocycles. The second-order valence-corrected chi connectivity index (χ2v) is 7.77. The maximum absolute atomic E-state index is 12.9. The SMILES string of the molecule is CC(CC(=O)N1C(C)CC2CCCCC21)C1CCNCC1. The lowest BCUT2D eigenvalue weighted by Crippen LogP contribution is -2.43. The number of hydrogen-bond donors (Lipinski definition) is 1. The number of piperidine rings is 1. The Kier molecular flexibility index (Phi) is 4.88. The Morgan fingerprint density at radius 1 is 1.19 bits per heavy atom. The third-order valence-corrected chi connectivity index (χ3v) is 6.32. The highest BCUT2D eigenvalue weighted by Gasteiger charge is 2.42. The number of nitrogens with one attached hydrogen (secondary N) is 1. The van der Waals surface area contributed by atoms with Crippen molar-refractivity contribution in [2.75, 3.05) is 13.1 Å². The molecule has 3 aliphatic rings.